The topological polar surface area (TPSA) is 57.6 Å². The summed E-state index contributed by atoms with van der Waals surface area (Å²) in [5.41, 5.74) is 0.443. The van der Waals surface area contributed by atoms with Crippen molar-refractivity contribution in [3.8, 4) is 0 Å². The van der Waals surface area contributed by atoms with E-state index in [4.69, 9.17) is 0 Å². The maximum atomic E-state index is 13.2. The second kappa shape index (κ2) is 5.61. The summed E-state index contributed by atoms with van der Waals surface area (Å²) >= 11 is 0. The predicted octanol–water partition coefficient (Wildman–Crippen LogP) is 2.54. The molecule has 0 saturated heterocycles. The number of nitrogens with zero attached hydrogens (tertiary/aromatic N) is 1. The fourth-order valence-electron chi connectivity index (χ4n) is 2.90. The average Bonchev–Trinajstić information content (AvgIpc) is 2.79. The van der Waals surface area contributed by atoms with Crippen molar-refractivity contribution in [3.05, 3.63) is 30.1 Å². The Kier molecular flexibility index (Phi) is 4.06. The third kappa shape index (κ3) is 2.81. The number of aliphatic carboxylic acids is 1. The van der Waals surface area contributed by atoms with Crippen LogP contribution in [0, 0.1) is 23.6 Å². The van der Waals surface area contributed by atoms with Gasteiger partial charge in [-0.25, -0.2) is 4.39 Å². The predicted molar refractivity (Wildman–Crippen MR) is 72.8 cm³/mol. The van der Waals surface area contributed by atoms with E-state index in [1.54, 1.807) is 13.1 Å². The number of hydrogen-bond donors (Lipinski definition) is 1. The van der Waals surface area contributed by atoms with Crippen LogP contribution in [0.25, 0.3) is 0 Å². The van der Waals surface area contributed by atoms with Crippen LogP contribution in [-0.2, 0) is 9.59 Å². The van der Waals surface area contributed by atoms with Crippen LogP contribution in [-0.4, -0.2) is 24.0 Å². The van der Waals surface area contributed by atoms with Gasteiger partial charge in [-0.2, -0.15) is 0 Å². The van der Waals surface area contributed by atoms with Gasteiger partial charge in [-0.05, 0) is 37.0 Å². The van der Waals surface area contributed by atoms with Crippen LogP contribution in [0.3, 0.4) is 0 Å². The van der Waals surface area contributed by atoms with Crippen LogP contribution >= 0.6 is 0 Å². The van der Waals surface area contributed by atoms with Crippen LogP contribution < -0.4 is 4.90 Å². The fraction of sp³-hybridized carbons (Fsp3) is 0.467. The molecule has 1 unspecified atom stereocenters. The van der Waals surface area contributed by atoms with E-state index in [0.29, 0.717) is 18.5 Å². The van der Waals surface area contributed by atoms with Gasteiger partial charge in [0.05, 0.1) is 11.8 Å². The Morgan fingerprint density at radius 1 is 1.30 bits per heavy atom. The van der Waals surface area contributed by atoms with Crippen LogP contribution in [0.4, 0.5) is 10.1 Å². The quantitative estimate of drug-likeness (QED) is 0.925. The van der Waals surface area contributed by atoms with E-state index in [1.165, 1.54) is 23.1 Å². The second-order valence-electron chi connectivity index (χ2n) is 5.50. The molecule has 1 saturated carbocycles. The van der Waals surface area contributed by atoms with Crippen molar-refractivity contribution in [3.63, 3.8) is 0 Å². The van der Waals surface area contributed by atoms with Crippen LogP contribution in [0.2, 0.25) is 0 Å². The minimum absolute atomic E-state index is 0.214. The molecule has 0 bridgehead atoms. The highest BCUT2D eigenvalue weighted by Gasteiger charge is 2.42. The van der Waals surface area contributed by atoms with Gasteiger partial charge >= 0.3 is 5.97 Å². The van der Waals surface area contributed by atoms with Gasteiger partial charge in [0.25, 0.3) is 0 Å². The minimum Gasteiger partial charge on any atom is -0.481 e. The van der Waals surface area contributed by atoms with Crippen molar-refractivity contribution in [2.75, 3.05) is 11.9 Å². The van der Waals surface area contributed by atoms with Gasteiger partial charge in [0.15, 0.2) is 0 Å². The van der Waals surface area contributed by atoms with Gasteiger partial charge in [-0.1, -0.05) is 13.0 Å². The molecule has 0 spiro atoms. The third-order valence-corrected chi connectivity index (χ3v) is 3.96. The van der Waals surface area contributed by atoms with Crippen molar-refractivity contribution < 1.29 is 19.1 Å². The van der Waals surface area contributed by atoms with E-state index < -0.39 is 23.6 Å². The Bertz CT molecular complexity index is 532. The lowest BCUT2D eigenvalue weighted by atomic mass is 9.94. The molecule has 5 heteroatoms. The van der Waals surface area contributed by atoms with Crippen molar-refractivity contribution >= 4 is 17.6 Å². The number of anilines is 1. The van der Waals surface area contributed by atoms with Crippen LogP contribution in [0.5, 0.6) is 0 Å². The number of benzene rings is 1. The first-order valence-corrected chi connectivity index (χ1v) is 6.66. The Balaban J connectivity index is 2.20. The first-order chi connectivity index (χ1) is 9.40. The summed E-state index contributed by atoms with van der Waals surface area (Å²) < 4.78 is 13.2. The van der Waals surface area contributed by atoms with Crippen LogP contribution in [0.1, 0.15) is 19.8 Å². The minimum atomic E-state index is -0.930. The fourth-order valence-corrected chi connectivity index (χ4v) is 2.90. The average molecular weight is 279 g/mol. The first kappa shape index (κ1) is 14.5. The monoisotopic (exact) mass is 279 g/mol. The highest BCUT2D eigenvalue weighted by Crippen LogP contribution is 2.38. The molecule has 1 fully saturated rings. The number of rotatable bonds is 3. The lowest BCUT2D eigenvalue weighted by Crippen LogP contribution is -2.36. The summed E-state index contributed by atoms with van der Waals surface area (Å²) in [6, 6.07) is 5.74. The van der Waals surface area contributed by atoms with Gasteiger partial charge in [-0.3, -0.25) is 9.59 Å². The SMILES string of the molecule is CC1C[C@H](C(=O)N(C)c2cccc(F)c2)[C@H](C(=O)O)C1. The molecule has 1 aliphatic rings. The van der Waals surface area contributed by atoms with Crippen LogP contribution in [0.15, 0.2) is 24.3 Å². The molecule has 0 radical (unpaired) electrons. The summed E-state index contributed by atoms with van der Waals surface area (Å²) in [5, 5.41) is 9.22. The molecule has 0 aromatic heterocycles. The summed E-state index contributed by atoms with van der Waals surface area (Å²) in [5.74, 6) is -2.57. The molecule has 4 nitrogen and oxygen atoms in total. The molecule has 20 heavy (non-hydrogen) atoms. The van der Waals surface area contributed by atoms with E-state index in [2.05, 4.69) is 0 Å². The molecular formula is C15H18FNO3. The normalized spacial score (nSPS) is 25.4. The zero-order valence-corrected chi connectivity index (χ0v) is 11.5. The van der Waals surface area contributed by atoms with E-state index in [9.17, 15) is 19.1 Å². The van der Waals surface area contributed by atoms with Crippen molar-refractivity contribution in [2.24, 2.45) is 17.8 Å². The molecular weight excluding hydrogens is 261 g/mol. The Hall–Kier alpha value is -1.91. The van der Waals surface area contributed by atoms with Crippen molar-refractivity contribution in [1.82, 2.24) is 0 Å². The van der Waals surface area contributed by atoms with Gasteiger partial charge in [-0.15, -0.1) is 0 Å². The smallest absolute Gasteiger partial charge is 0.307 e. The Morgan fingerprint density at radius 2 is 1.95 bits per heavy atom. The molecule has 3 atom stereocenters. The van der Waals surface area contributed by atoms with E-state index >= 15 is 0 Å². The van der Waals surface area contributed by atoms with Gasteiger partial charge in [0.2, 0.25) is 5.91 Å². The summed E-state index contributed by atoms with van der Waals surface area (Å²) in [7, 11) is 1.55. The summed E-state index contributed by atoms with van der Waals surface area (Å²) in [6.07, 6.45) is 1.08. The lowest BCUT2D eigenvalue weighted by molar-refractivity contribution is -0.145. The molecule has 2 rings (SSSR count). The summed E-state index contributed by atoms with van der Waals surface area (Å²) in [4.78, 5) is 25.1. The second-order valence-corrected chi connectivity index (χ2v) is 5.50. The molecule has 1 N–H and O–H groups in total. The number of carboxylic acid groups (broad SMARTS) is 1. The van der Waals surface area contributed by atoms with Gasteiger partial charge in [0, 0.05) is 12.7 Å². The number of carbonyl (C=O) groups excluding carboxylic acids is 1. The maximum absolute atomic E-state index is 13.2. The zero-order chi connectivity index (χ0) is 14.9. The number of hydrogen-bond acceptors (Lipinski definition) is 2. The standard InChI is InChI=1S/C15H18FNO3/c1-9-6-12(13(7-9)15(19)20)14(18)17(2)11-5-3-4-10(16)8-11/h3-5,8-9,12-13H,6-7H2,1-2H3,(H,19,20)/t9?,12-,13+/m0/s1. The number of carbonyl (C=O) groups is 2. The van der Waals surface area contributed by atoms with Gasteiger partial charge in [0.1, 0.15) is 5.82 Å². The molecule has 1 aromatic carbocycles. The molecule has 108 valence electrons. The molecule has 0 heterocycles. The van der Waals surface area contributed by atoms with Crippen molar-refractivity contribution in [1.29, 1.82) is 0 Å². The van der Waals surface area contributed by atoms with E-state index in [1.807, 2.05) is 6.92 Å². The lowest BCUT2D eigenvalue weighted by Gasteiger charge is -2.23. The number of halogens is 1. The molecule has 1 aromatic rings. The van der Waals surface area contributed by atoms with Gasteiger partial charge < -0.3 is 10.0 Å². The molecule has 1 aliphatic carbocycles. The summed E-state index contributed by atoms with van der Waals surface area (Å²) in [6.45, 7) is 1.95. The largest absolute Gasteiger partial charge is 0.481 e. The highest BCUT2D eigenvalue weighted by molar-refractivity contribution is 5.97. The highest BCUT2D eigenvalue weighted by atomic mass is 19.1. The van der Waals surface area contributed by atoms with E-state index in [0.717, 1.165) is 0 Å². The molecule has 0 aliphatic heterocycles. The number of amides is 1. The van der Waals surface area contributed by atoms with E-state index in [-0.39, 0.29) is 11.8 Å². The third-order valence-electron chi connectivity index (χ3n) is 3.96. The van der Waals surface area contributed by atoms with Crippen molar-refractivity contribution in [2.45, 2.75) is 19.8 Å². The Labute approximate surface area is 117 Å². The zero-order valence-electron chi connectivity index (χ0n) is 11.5. The molecule has 1 amide bonds. The maximum Gasteiger partial charge on any atom is 0.307 e. The first-order valence-electron chi connectivity index (χ1n) is 6.66. The number of carboxylic acids is 1. The Morgan fingerprint density at radius 3 is 2.55 bits per heavy atom.